The van der Waals surface area contributed by atoms with Crippen LogP contribution in [0, 0.1) is 11.3 Å². The summed E-state index contributed by atoms with van der Waals surface area (Å²) in [4.78, 5) is 24.4. The van der Waals surface area contributed by atoms with Crippen molar-refractivity contribution < 1.29 is 19.1 Å². The fraction of sp³-hybridized carbons (Fsp3) is 0.769. The van der Waals surface area contributed by atoms with Crippen molar-refractivity contribution in [1.82, 2.24) is 0 Å². The third-order valence-corrected chi connectivity index (χ3v) is 8.04. The van der Waals surface area contributed by atoms with Crippen LogP contribution in [-0.2, 0) is 9.53 Å². The third-order valence-electron chi connectivity index (χ3n) is 6.56. The molecule has 3 atom stereocenters. The Hall–Kier alpha value is -1.27. The Bertz CT molecular complexity index is 788. The van der Waals surface area contributed by atoms with Crippen LogP contribution in [-0.4, -0.2) is 28.9 Å². The first-order valence-electron chi connectivity index (χ1n) is 12.3. The Morgan fingerprint density at radius 1 is 1.16 bits per heavy atom. The van der Waals surface area contributed by atoms with E-state index in [-0.39, 0.29) is 40.8 Å². The lowest BCUT2D eigenvalue weighted by molar-refractivity contribution is -0.124. The maximum Gasteiger partial charge on any atom is 0.353 e. The molecule has 0 saturated heterocycles. The molecule has 3 rings (SSSR count). The van der Waals surface area contributed by atoms with E-state index in [9.17, 15) is 14.7 Å². The SMILES string of the molecule is CC.CC(=O)COC1CCC(Sc2c(O)cc(C3CCCCC3)oc2=O)C(C(C)(C)C)C1. The lowest BCUT2D eigenvalue weighted by Gasteiger charge is -2.42. The van der Waals surface area contributed by atoms with Gasteiger partial charge in [-0.2, -0.15) is 0 Å². The summed E-state index contributed by atoms with van der Waals surface area (Å²) in [5.41, 5.74) is -0.392. The molecule has 2 fully saturated rings. The average Bonchev–Trinajstić information content (AvgIpc) is 2.76. The van der Waals surface area contributed by atoms with Crippen LogP contribution in [0.25, 0.3) is 0 Å². The zero-order chi connectivity index (χ0) is 23.9. The number of thioether (sulfide) groups is 1. The molecule has 1 N–H and O–H groups in total. The van der Waals surface area contributed by atoms with E-state index in [1.807, 2.05) is 13.8 Å². The highest BCUT2D eigenvalue weighted by molar-refractivity contribution is 8.00. The molecule has 3 unspecified atom stereocenters. The molecule has 1 heterocycles. The molecular weight excluding hydrogens is 424 g/mol. The van der Waals surface area contributed by atoms with Gasteiger partial charge in [0.15, 0.2) is 5.78 Å². The monoisotopic (exact) mass is 466 g/mol. The summed E-state index contributed by atoms with van der Waals surface area (Å²) in [6, 6.07) is 1.67. The van der Waals surface area contributed by atoms with Gasteiger partial charge in [0.2, 0.25) is 0 Å². The fourth-order valence-corrected chi connectivity index (χ4v) is 6.44. The molecule has 0 amide bonds. The lowest BCUT2D eigenvalue weighted by atomic mass is 9.71. The van der Waals surface area contributed by atoms with E-state index in [0.29, 0.717) is 16.6 Å². The molecular formula is C26H42O5S. The quantitative estimate of drug-likeness (QED) is 0.503. The summed E-state index contributed by atoms with van der Waals surface area (Å²) >= 11 is 1.46. The van der Waals surface area contributed by atoms with Crippen LogP contribution in [0.3, 0.4) is 0 Å². The molecule has 5 nitrogen and oxygen atoms in total. The molecule has 1 aromatic heterocycles. The Labute approximate surface area is 197 Å². The second-order valence-electron chi connectivity index (χ2n) is 10.1. The molecule has 0 spiro atoms. The minimum atomic E-state index is -0.414. The molecule has 2 saturated carbocycles. The summed E-state index contributed by atoms with van der Waals surface area (Å²) in [6.45, 7) is 12.3. The second kappa shape index (κ2) is 12.3. The largest absolute Gasteiger partial charge is 0.506 e. The van der Waals surface area contributed by atoms with Crippen molar-refractivity contribution >= 4 is 17.5 Å². The lowest BCUT2D eigenvalue weighted by Crippen LogP contribution is -2.39. The van der Waals surface area contributed by atoms with Crippen LogP contribution in [0.5, 0.6) is 5.75 Å². The Morgan fingerprint density at radius 3 is 2.38 bits per heavy atom. The predicted molar refractivity (Wildman–Crippen MR) is 131 cm³/mol. The van der Waals surface area contributed by atoms with E-state index in [1.165, 1.54) is 18.2 Å². The predicted octanol–water partition coefficient (Wildman–Crippen LogP) is 6.70. The first-order chi connectivity index (χ1) is 15.1. The summed E-state index contributed by atoms with van der Waals surface area (Å²) in [5, 5.41) is 10.9. The number of Topliss-reactive ketones (excluding diaryl/α,β-unsaturated/α-hetero) is 1. The van der Waals surface area contributed by atoms with Gasteiger partial charge >= 0.3 is 5.63 Å². The standard InChI is InChI=1S/C24H36O5S.C2H6/c1-15(25)14-28-17-10-11-21(18(12-17)24(2,3)4)30-22-19(26)13-20(29-23(22)27)16-8-6-5-7-9-16;1-2/h13,16-18,21,26H,5-12,14H2,1-4H3;1-2H3. The molecule has 182 valence electrons. The summed E-state index contributed by atoms with van der Waals surface area (Å²) in [5.74, 6) is 1.27. The third kappa shape index (κ3) is 7.38. The first-order valence-corrected chi connectivity index (χ1v) is 13.2. The summed E-state index contributed by atoms with van der Waals surface area (Å²) in [6.07, 6.45) is 8.20. The van der Waals surface area contributed by atoms with E-state index in [2.05, 4.69) is 20.8 Å². The molecule has 2 aliphatic rings. The Morgan fingerprint density at radius 2 is 1.81 bits per heavy atom. The van der Waals surface area contributed by atoms with Gasteiger partial charge in [0.05, 0.1) is 6.10 Å². The highest BCUT2D eigenvalue weighted by Gasteiger charge is 2.39. The van der Waals surface area contributed by atoms with E-state index >= 15 is 0 Å². The maximum absolute atomic E-state index is 12.8. The van der Waals surface area contributed by atoms with E-state index in [1.54, 1.807) is 13.0 Å². The van der Waals surface area contributed by atoms with Crippen molar-refractivity contribution in [1.29, 1.82) is 0 Å². The van der Waals surface area contributed by atoms with Crippen molar-refractivity contribution in [3.05, 3.63) is 22.2 Å². The summed E-state index contributed by atoms with van der Waals surface area (Å²) in [7, 11) is 0. The van der Waals surface area contributed by atoms with Crippen molar-refractivity contribution in [2.75, 3.05) is 6.61 Å². The van der Waals surface area contributed by atoms with Crippen molar-refractivity contribution in [3.63, 3.8) is 0 Å². The van der Waals surface area contributed by atoms with Gasteiger partial charge in [-0.15, -0.1) is 11.8 Å². The van der Waals surface area contributed by atoms with Gasteiger partial charge in [0.1, 0.15) is 23.0 Å². The molecule has 2 aliphatic carbocycles. The van der Waals surface area contributed by atoms with Gasteiger partial charge in [0.25, 0.3) is 0 Å². The van der Waals surface area contributed by atoms with Crippen molar-refractivity contribution in [2.24, 2.45) is 11.3 Å². The zero-order valence-electron chi connectivity index (χ0n) is 20.7. The molecule has 0 radical (unpaired) electrons. The van der Waals surface area contributed by atoms with Gasteiger partial charge in [0, 0.05) is 17.2 Å². The van der Waals surface area contributed by atoms with Crippen LogP contribution in [0.15, 0.2) is 20.2 Å². The van der Waals surface area contributed by atoms with Crippen LogP contribution in [0.1, 0.15) is 105 Å². The molecule has 1 aromatic rings. The molecule has 32 heavy (non-hydrogen) atoms. The minimum Gasteiger partial charge on any atom is -0.506 e. The van der Waals surface area contributed by atoms with E-state index in [0.717, 1.165) is 44.9 Å². The van der Waals surface area contributed by atoms with Gasteiger partial charge in [-0.1, -0.05) is 53.9 Å². The smallest absolute Gasteiger partial charge is 0.353 e. The normalized spacial score (nSPS) is 24.5. The van der Waals surface area contributed by atoms with Crippen LogP contribution >= 0.6 is 11.8 Å². The van der Waals surface area contributed by atoms with Crippen LogP contribution in [0.2, 0.25) is 0 Å². The number of hydrogen-bond acceptors (Lipinski definition) is 6. The van der Waals surface area contributed by atoms with Gasteiger partial charge in [-0.25, -0.2) is 4.79 Å². The van der Waals surface area contributed by atoms with Crippen LogP contribution in [0.4, 0.5) is 0 Å². The first kappa shape index (κ1) is 27.0. The topological polar surface area (TPSA) is 76.7 Å². The van der Waals surface area contributed by atoms with Crippen molar-refractivity contribution in [2.45, 2.75) is 115 Å². The number of hydrogen-bond donors (Lipinski definition) is 1. The minimum absolute atomic E-state index is 0.0216. The van der Waals surface area contributed by atoms with Crippen LogP contribution < -0.4 is 5.63 Å². The Kier molecular flexibility index (Phi) is 10.3. The summed E-state index contributed by atoms with van der Waals surface area (Å²) < 4.78 is 11.5. The second-order valence-corrected chi connectivity index (χ2v) is 11.3. The molecule has 0 aliphatic heterocycles. The highest BCUT2D eigenvalue weighted by atomic mass is 32.2. The van der Waals surface area contributed by atoms with Crippen molar-refractivity contribution in [3.8, 4) is 5.75 Å². The highest BCUT2D eigenvalue weighted by Crippen LogP contribution is 2.47. The zero-order valence-corrected chi connectivity index (χ0v) is 21.6. The average molecular weight is 467 g/mol. The van der Waals surface area contributed by atoms with E-state index in [4.69, 9.17) is 9.15 Å². The van der Waals surface area contributed by atoms with Gasteiger partial charge in [-0.3, -0.25) is 4.79 Å². The Balaban J connectivity index is 0.00000176. The number of ketones is 1. The maximum atomic E-state index is 12.8. The number of carbonyl (C=O) groups is 1. The molecule has 6 heteroatoms. The van der Waals surface area contributed by atoms with E-state index < -0.39 is 5.63 Å². The number of carbonyl (C=O) groups excluding carboxylic acids is 1. The van der Waals surface area contributed by atoms with Gasteiger partial charge < -0.3 is 14.3 Å². The fourth-order valence-electron chi connectivity index (χ4n) is 4.88. The van der Waals surface area contributed by atoms with Gasteiger partial charge in [-0.05, 0) is 50.4 Å². The molecule has 0 aromatic carbocycles. The number of aromatic hydroxyl groups is 1. The number of ether oxygens (including phenoxy) is 1. The number of rotatable bonds is 6. The molecule has 0 bridgehead atoms.